The first-order valence-electron chi connectivity index (χ1n) is 7.87. The Morgan fingerprint density at radius 2 is 1.95 bits per heavy atom. The molecule has 21 heavy (non-hydrogen) atoms. The quantitative estimate of drug-likeness (QED) is 0.768. The predicted octanol–water partition coefficient (Wildman–Crippen LogP) is 5.10. The molecule has 1 aromatic carbocycles. The van der Waals surface area contributed by atoms with E-state index in [1.807, 2.05) is 6.07 Å². The summed E-state index contributed by atoms with van der Waals surface area (Å²) in [6.45, 7) is 6.93. The SMILES string of the molecule is CC(C)(C)C1CCCC(Nc2cccc(F)c2C#N)CC1. The van der Waals surface area contributed by atoms with Gasteiger partial charge >= 0.3 is 0 Å². The maximum atomic E-state index is 13.6. The zero-order valence-corrected chi connectivity index (χ0v) is 13.2. The van der Waals surface area contributed by atoms with Crippen molar-refractivity contribution in [2.45, 2.75) is 58.9 Å². The molecule has 1 aliphatic rings. The summed E-state index contributed by atoms with van der Waals surface area (Å²) in [6, 6.07) is 7.10. The van der Waals surface area contributed by atoms with Gasteiger partial charge in [0.1, 0.15) is 17.4 Å². The molecule has 1 aliphatic carbocycles. The van der Waals surface area contributed by atoms with Crippen LogP contribution in [-0.2, 0) is 0 Å². The third-order valence-corrected chi connectivity index (χ3v) is 4.68. The molecule has 0 radical (unpaired) electrons. The van der Waals surface area contributed by atoms with Crippen LogP contribution >= 0.6 is 0 Å². The second-order valence-corrected chi connectivity index (χ2v) is 7.19. The number of benzene rings is 1. The fraction of sp³-hybridized carbons (Fsp3) is 0.611. The Morgan fingerprint density at radius 3 is 2.62 bits per heavy atom. The summed E-state index contributed by atoms with van der Waals surface area (Å²) >= 11 is 0. The third-order valence-electron chi connectivity index (χ3n) is 4.68. The lowest BCUT2D eigenvalue weighted by Gasteiger charge is -2.29. The van der Waals surface area contributed by atoms with Crippen LogP contribution in [0.2, 0.25) is 0 Å². The zero-order valence-electron chi connectivity index (χ0n) is 13.2. The predicted molar refractivity (Wildman–Crippen MR) is 84.6 cm³/mol. The Kier molecular flexibility index (Phi) is 4.88. The number of anilines is 1. The van der Waals surface area contributed by atoms with Crippen molar-refractivity contribution in [2.75, 3.05) is 5.32 Å². The Balaban J connectivity index is 2.05. The van der Waals surface area contributed by atoms with Gasteiger partial charge in [0.15, 0.2) is 0 Å². The third kappa shape index (κ3) is 3.97. The molecule has 0 bridgehead atoms. The first kappa shape index (κ1) is 15.8. The first-order valence-corrected chi connectivity index (χ1v) is 7.87. The van der Waals surface area contributed by atoms with Gasteiger partial charge in [-0.25, -0.2) is 4.39 Å². The lowest BCUT2D eigenvalue weighted by atomic mass is 9.76. The van der Waals surface area contributed by atoms with Crippen molar-refractivity contribution in [2.24, 2.45) is 11.3 Å². The summed E-state index contributed by atoms with van der Waals surface area (Å²) in [7, 11) is 0. The number of nitrogens with zero attached hydrogens (tertiary/aromatic N) is 1. The van der Waals surface area contributed by atoms with Crippen molar-refractivity contribution in [1.29, 1.82) is 5.26 Å². The standard InChI is InChI=1S/C18H25FN2/c1-18(2,3)13-6-4-7-14(11-10-13)21-17-9-5-8-16(19)15(17)12-20/h5,8-9,13-14,21H,4,6-7,10-11H2,1-3H3. The van der Waals surface area contributed by atoms with Gasteiger partial charge in [0.2, 0.25) is 0 Å². The molecule has 0 heterocycles. The molecule has 1 aromatic rings. The van der Waals surface area contributed by atoms with Gasteiger partial charge < -0.3 is 5.32 Å². The van der Waals surface area contributed by atoms with E-state index in [9.17, 15) is 4.39 Å². The van der Waals surface area contributed by atoms with Gasteiger partial charge in [-0.1, -0.05) is 33.3 Å². The van der Waals surface area contributed by atoms with Crippen molar-refractivity contribution < 1.29 is 4.39 Å². The highest BCUT2D eigenvalue weighted by atomic mass is 19.1. The lowest BCUT2D eigenvalue weighted by Crippen LogP contribution is -2.22. The van der Waals surface area contributed by atoms with Crippen LogP contribution in [0.1, 0.15) is 58.4 Å². The molecule has 1 saturated carbocycles. The number of hydrogen-bond donors (Lipinski definition) is 1. The van der Waals surface area contributed by atoms with Gasteiger partial charge in [0.05, 0.1) is 5.69 Å². The molecule has 2 atom stereocenters. The van der Waals surface area contributed by atoms with Crippen LogP contribution in [0.25, 0.3) is 0 Å². The van der Waals surface area contributed by atoms with E-state index >= 15 is 0 Å². The van der Waals surface area contributed by atoms with E-state index in [0.29, 0.717) is 17.1 Å². The Labute approximate surface area is 127 Å². The smallest absolute Gasteiger partial charge is 0.143 e. The summed E-state index contributed by atoms with van der Waals surface area (Å²) < 4.78 is 13.6. The number of nitrogens with one attached hydrogen (secondary N) is 1. The minimum atomic E-state index is -0.441. The summed E-state index contributed by atoms with van der Waals surface area (Å²) in [5, 5.41) is 12.5. The van der Waals surface area contributed by atoms with Gasteiger partial charge in [-0.2, -0.15) is 5.26 Å². The average Bonchev–Trinajstić information content (AvgIpc) is 2.64. The maximum Gasteiger partial charge on any atom is 0.143 e. The molecule has 3 heteroatoms. The topological polar surface area (TPSA) is 35.8 Å². The number of nitriles is 1. The monoisotopic (exact) mass is 288 g/mol. The zero-order chi connectivity index (χ0) is 15.5. The number of rotatable bonds is 2. The van der Waals surface area contributed by atoms with E-state index in [2.05, 4.69) is 26.1 Å². The van der Waals surface area contributed by atoms with Crippen LogP contribution in [0.5, 0.6) is 0 Å². The van der Waals surface area contributed by atoms with Crippen molar-refractivity contribution in [3.63, 3.8) is 0 Å². The Morgan fingerprint density at radius 1 is 1.19 bits per heavy atom. The normalized spacial score (nSPS) is 23.2. The highest BCUT2D eigenvalue weighted by molar-refractivity contribution is 5.58. The molecule has 2 nitrogen and oxygen atoms in total. The van der Waals surface area contributed by atoms with Crippen LogP contribution in [-0.4, -0.2) is 6.04 Å². The van der Waals surface area contributed by atoms with Gasteiger partial charge in [-0.3, -0.25) is 0 Å². The minimum Gasteiger partial charge on any atom is -0.381 e. The molecule has 2 unspecified atom stereocenters. The van der Waals surface area contributed by atoms with E-state index in [1.54, 1.807) is 12.1 Å². The van der Waals surface area contributed by atoms with E-state index < -0.39 is 5.82 Å². The molecule has 1 fully saturated rings. The van der Waals surface area contributed by atoms with Gasteiger partial charge in [-0.15, -0.1) is 0 Å². The highest BCUT2D eigenvalue weighted by Crippen LogP contribution is 2.37. The van der Waals surface area contributed by atoms with Gasteiger partial charge in [0, 0.05) is 6.04 Å². The van der Waals surface area contributed by atoms with Gasteiger partial charge in [-0.05, 0) is 49.1 Å². The molecular formula is C18H25FN2. The molecule has 0 aromatic heterocycles. The van der Waals surface area contributed by atoms with Crippen LogP contribution in [0.4, 0.5) is 10.1 Å². The molecule has 0 spiro atoms. The molecule has 0 amide bonds. The Hall–Kier alpha value is -1.56. The summed E-state index contributed by atoms with van der Waals surface area (Å²) in [5.74, 6) is 0.302. The molecular weight excluding hydrogens is 263 g/mol. The van der Waals surface area contributed by atoms with Crippen molar-refractivity contribution in [1.82, 2.24) is 0 Å². The fourth-order valence-corrected chi connectivity index (χ4v) is 3.29. The fourth-order valence-electron chi connectivity index (χ4n) is 3.29. The second kappa shape index (κ2) is 6.47. The van der Waals surface area contributed by atoms with Crippen LogP contribution in [0.15, 0.2) is 18.2 Å². The minimum absolute atomic E-state index is 0.133. The molecule has 2 rings (SSSR count). The second-order valence-electron chi connectivity index (χ2n) is 7.19. The van der Waals surface area contributed by atoms with E-state index in [1.165, 1.54) is 25.3 Å². The van der Waals surface area contributed by atoms with Crippen LogP contribution in [0, 0.1) is 28.5 Å². The van der Waals surface area contributed by atoms with E-state index in [4.69, 9.17) is 5.26 Å². The van der Waals surface area contributed by atoms with Crippen molar-refractivity contribution >= 4 is 5.69 Å². The molecule has 114 valence electrons. The van der Waals surface area contributed by atoms with Crippen molar-refractivity contribution in [3.05, 3.63) is 29.6 Å². The van der Waals surface area contributed by atoms with Gasteiger partial charge in [0.25, 0.3) is 0 Å². The van der Waals surface area contributed by atoms with Crippen LogP contribution in [0.3, 0.4) is 0 Å². The Bertz CT molecular complexity index is 525. The highest BCUT2D eigenvalue weighted by Gasteiger charge is 2.28. The maximum absolute atomic E-state index is 13.6. The summed E-state index contributed by atoms with van der Waals surface area (Å²) in [4.78, 5) is 0. The lowest BCUT2D eigenvalue weighted by molar-refractivity contribution is 0.214. The number of hydrogen-bond acceptors (Lipinski definition) is 2. The average molecular weight is 288 g/mol. The largest absolute Gasteiger partial charge is 0.381 e. The molecule has 1 N–H and O–H groups in total. The summed E-state index contributed by atoms with van der Waals surface area (Å²) in [6.07, 6.45) is 5.82. The first-order chi connectivity index (χ1) is 9.91. The van der Waals surface area contributed by atoms with E-state index in [0.717, 1.165) is 18.8 Å². The van der Waals surface area contributed by atoms with Crippen LogP contribution < -0.4 is 5.32 Å². The summed E-state index contributed by atoms with van der Waals surface area (Å²) in [5.41, 5.74) is 1.12. The molecule has 0 saturated heterocycles. The number of halogens is 1. The molecule has 0 aliphatic heterocycles. The van der Waals surface area contributed by atoms with Crippen molar-refractivity contribution in [3.8, 4) is 6.07 Å². The van der Waals surface area contributed by atoms with E-state index in [-0.39, 0.29) is 5.56 Å².